The standard InChI is InChI=1S/C52H92N14O12/c1-26(2)17-38-48(75)60-33(7-12-53)43(70)59-36(10-15-56)47(74)66-41(28(5)67)50(77)57-16-11-37(46(73)58-34(8-13-54)45(72)63-39(18-27(3)4)49(76)64-38)61-44(71)35(9-14-55)62-51(78)42(29(6)68)65-40(69)25-52-22-30-19-31(23-52)21-32(20-30)24-52/h26-39,41-42,67-68H,7-25,53-56H2,1-6H3,(H,57,77)(H,58,73)(H,59,70)(H,60,75)(H,61,71)(H,62,78)(H,63,72)(H,64,76)(H,65,69)(H,66,74)/t28-,29-,30?,31?,32?,33+,34?,35+,36+,37+,38?,39?,41+,42+,52?/m1/s1. The fourth-order valence-corrected chi connectivity index (χ4v) is 11.9. The predicted octanol–water partition coefficient (Wildman–Crippen LogP) is -4.28. The van der Waals surface area contributed by atoms with Crippen molar-refractivity contribution in [3.05, 3.63) is 0 Å². The summed E-state index contributed by atoms with van der Waals surface area (Å²) in [6, 6.07) is -12.8. The van der Waals surface area contributed by atoms with Crippen LogP contribution in [0.2, 0.25) is 0 Å². The van der Waals surface area contributed by atoms with E-state index in [1.54, 1.807) is 27.7 Å². The second-order valence-corrected chi connectivity index (χ2v) is 23.2. The van der Waals surface area contributed by atoms with E-state index in [4.69, 9.17) is 22.9 Å². The van der Waals surface area contributed by atoms with Gasteiger partial charge in [0.1, 0.15) is 54.4 Å². The van der Waals surface area contributed by atoms with Gasteiger partial charge in [-0.1, -0.05) is 27.7 Å². The lowest BCUT2D eigenvalue weighted by molar-refractivity contribution is -0.138. The first-order chi connectivity index (χ1) is 36.8. The highest BCUT2D eigenvalue weighted by Gasteiger charge is 2.52. The van der Waals surface area contributed by atoms with Gasteiger partial charge in [0.05, 0.1) is 12.2 Å². The minimum Gasteiger partial charge on any atom is -0.391 e. The van der Waals surface area contributed by atoms with Gasteiger partial charge < -0.3 is 86.3 Å². The Bertz CT molecular complexity index is 2060. The molecule has 0 aromatic carbocycles. The Morgan fingerprint density at radius 2 is 0.987 bits per heavy atom. The van der Waals surface area contributed by atoms with Crippen molar-refractivity contribution in [1.82, 2.24) is 53.2 Å². The van der Waals surface area contributed by atoms with Crippen molar-refractivity contribution in [2.45, 2.75) is 198 Å². The number of amides is 10. The summed E-state index contributed by atoms with van der Waals surface area (Å²) in [5.41, 5.74) is 23.4. The van der Waals surface area contributed by atoms with Crippen molar-refractivity contribution in [1.29, 1.82) is 0 Å². The first-order valence-corrected chi connectivity index (χ1v) is 28.0. The van der Waals surface area contributed by atoms with Crippen LogP contribution in [-0.2, 0) is 47.9 Å². The van der Waals surface area contributed by atoms with Gasteiger partial charge in [0.15, 0.2) is 0 Å². The number of hydrogen-bond acceptors (Lipinski definition) is 16. The third-order valence-corrected chi connectivity index (χ3v) is 15.2. The van der Waals surface area contributed by atoms with E-state index < -0.39 is 139 Å². The van der Waals surface area contributed by atoms with E-state index in [0.717, 1.165) is 19.3 Å². The highest BCUT2D eigenvalue weighted by molar-refractivity contribution is 5.99. The van der Waals surface area contributed by atoms with E-state index in [2.05, 4.69) is 53.2 Å². The van der Waals surface area contributed by atoms with E-state index in [1.165, 1.54) is 33.1 Å². The average molecular weight is 1110 g/mol. The van der Waals surface area contributed by atoms with Crippen LogP contribution in [-0.4, -0.2) is 169 Å². The minimum absolute atomic E-state index is 0.0708. The molecule has 1 saturated heterocycles. The molecule has 26 heteroatoms. The maximum Gasteiger partial charge on any atom is 0.245 e. The summed E-state index contributed by atoms with van der Waals surface area (Å²) in [7, 11) is 0. The second kappa shape index (κ2) is 30.7. The molecule has 78 heavy (non-hydrogen) atoms. The maximum atomic E-state index is 14.4. The Labute approximate surface area is 457 Å². The van der Waals surface area contributed by atoms with Gasteiger partial charge in [-0.05, 0) is 159 Å². The SMILES string of the molecule is CC(C)CC1NC(=O)C(CCN)NC(=O)[C@@H](NC(=O)[C@H](CCN)NC(=O)[C@@H](NC(=O)CC23CC4CC(CC(C4)C2)C3)[C@@H](C)O)CCNC(=O)[C@H]([C@@H](C)O)NC(=O)[C@H](CCN)NC(=O)[C@H](CCN)NC(=O)C(CC(C)C)NC1=O. The molecule has 442 valence electrons. The molecule has 0 spiro atoms. The number of aliphatic hydroxyl groups is 2. The van der Waals surface area contributed by atoms with Crippen molar-refractivity contribution >= 4 is 59.1 Å². The Kier molecular flexibility index (Phi) is 25.6. The van der Waals surface area contributed by atoms with E-state index in [1.807, 2.05) is 0 Å². The Morgan fingerprint density at radius 3 is 1.40 bits per heavy atom. The third kappa shape index (κ3) is 19.4. The van der Waals surface area contributed by atoms with Gasteiger partial charge in [-0.25, -0.2) is 0 Å². The zero-order valence-corrected chi connectivity index (χ0v) is 46.5. The molecule has 11 atom stereocenters. The minimum atomic E-state index is -1.64. The van der Waals surface area contributed by atoms with Crippen LogP contribution in [0.4, 0.5) is 0 Å². The molecule has 0 aromatic heterocycles. The van der Waals surface area contributed by atoms with Gasteiger partial charge in [-0.15, -0.1) is 0 Å². The van der Waals surface area contributed by atoms with E-state index >= 15 is 0 Å². The van der Waals surface area contributed by atoms with Gasteiger partial charge >= 0.3 is 0 Å². The molecule has 1 heterocycles. The number of carbonyl (C=O) groups is 10. The molecule has 4 aliphatic carbocycles. The van der Waals surface area contributed by atoms with Crippen LogP contribution in [0, 0.1) is 35.0 Å². The fourth-order valence-electron chi connectivity index (χ4n) is 11.9. The van der Waals surface area contributed by atoms with E-state index in [-0.39, 0.29) is 88.4 Å². The van der Waals surface area contributed by atoms with Gasteiger partial charge in [-0.2, -0.15) is 0 Å². The summed E-state index contributed by atoms with van der Waals surface area (Å²) in [6.07, 6.45) is 2.79. The molecule has 4 bridgehead atoms. The Morgan fingerprint density at radius 1 is 0.564 bits per heavy atom. The van der Waals surface area contributed by atoms with Gasteiger partial charge in [0.25, 0.3) is 0 Å². The molecular weight excluding hydrogens is 1010 g/mol. The quantitative estimate of drug-likeness (QED) is 0.0517. The molecule has 5 rings (SSSR count). The third-order valence-electron chi connectivity index (χ3n) is 15.2. The highest BCUT2D eigenvalue weighted by Crippen LogP contribution is 2.61. The number of rotatable bonds is 21. The summed E-state index contributed by atoms with van der Waals surface area (Å²) in [5.74, 6) is -6.90. The number of nitrogens with two attached hydrogens (primary N) is 4. The van der Waals surface area contributed by atoms with Crippen molar-refractivity contribution in [2.24, 2.45) is 57.9 Å². The van der Waals surface area contributed by atoms with Crippen LogP contribution in [0.3, 0.4) is 0 Å². The van der Waals surface area contributed by atoms with Crippen molar-refractivity contribution in [3.63, 3.8) is 0 Å². The van der Waals surface area contributed by atoms with Gasteiger partial charge in [-0.3, -0.25) is 47.9 Å². The molecule has 3 unspecified atom stereocenters. The van der Waals surface area contributed by atoms with Crippen LogP contribution in [0.15, 0.2) is 0 Å². The largest absolute Gasteiger partial charge is 0.391 e. The number of nitrogens with one attached hydrogen (secondary N) is 10. The number of aliphatic hydroxyl groups excluding tert-OH is 2. The van der Waals surface area contributed by atoms with Crippen molar-refractivity contribution < 1.29 is 58.2 Å². The average Bonchev–Trinajstić information content (AvgIpc) is 3.37. The molecule has 26 nitrogen and oxygen atoms in total. The molecule has 0 aromatic rings. The molecule has 5 aliphatic rings. The molecule has 5 fully saturated rings. The summed E-state index contributed by atoms with van der Waals surface area (Å²) in [6.45, 7) is 8.86. The summed E-state index contributed by atoms with van der Waals surface area (Å²) >= 11 is 0. The van der Waals surface area contributed by atoms with Gasteiger partial charge in [0, 0.05) is 13.0 Å². The first-order valence-electron chi connectivity index (χ1n) is 28.0. The highest BCUT2D eigenvalue weighted by atomic mass is 16.3. The lowest BCUT2D eigenvalue weighted by atomic mass is 9.49. The van der Waals surface area contributed by atoms with Crippen molar-refractivity contribution in [3.8, 4) is 0 Å². The summed E-state index contributed by atoms with van der Waals surface area (Å²) in [5, 5.41) is 47.5. The Balaban J connectivity index is 1.66. The van der Waals surface area contributed by atoms with Crippen LogP contribution < -0.4 is 76.1 Å². The van der Waals surface area contributed by atoms with E-state index in [9.17, 15) is 58.2 Å². The van der Waals surface area contributed by atoms with Crippen LogP contribution >= 0.6 is 0 Å². The first kappa shape index (κ1) is 65.0. The van der Waals surface area contributed by atoms with Crippen LogP contribution in [0.5, 0.6) is 0 Å². The molecule has 4 saturated carbocycles. The molecule has 1 aliphatic heterocycles. The normalized spacial score (nSPS) is 30.3. The number of carbonyl (C=O) groups excluding carboxylic acids is 10. The Hall–Kier alpha value is -5.54. The topological polar surface area (TPSA) is 436 Å². The van der Waals surface area contributed by atoms with Crippen LogP contribution in [0.25, 0.3) is 0 Å². The maximum absolute atomic E-state index is 14.4. The van der Waals surface area contributed by atoms with E-state index in [0.29, 0.717) is 17.8 Å². The summed E-state index contributed by atoms with van der Waals surface area (Å²) < 4.78 is 0. The predicted molar refractivity (Wildman–Crippen MR) is 287 cm³/mol. The van der Waals surface area contributed by atoms with Crippen molar-refractivity contribution in [2.75, 3.05) is 32.7 Å². The molecule has 10 amide bonds. The zero-order valence-electron chi connectivity index (χ0n) is 46.5. The summed E-state index contributed by atoms with van der Waals surface area (Å²) in [4.78, 5) is 140. The lowest BCUT2D eigenvalue weighted by Crippen LogP contribution is -2.61. The van der Waals surface area contributed by atoms with Gasteiger partial charge in [0.2, 0.25) is 59.1 Å². The molecule has 20 N–H and O–H groups in total. The second-order valence-electron chi connectivity index (χ2n) is 23.2. The number of hydrogen-bond donors (Lipinski definition) is 16. The fraction of sp³-hybridized carbons (Fsp3) is 0.808. The monoisotopic (exact) mass is 1100 g/mol. The van der Waals surface area contributed by atoms with Crippen LogP contribution in [0.1, 0.15) is 131 Å². The lowest BCUT2D eigenvalue weighted by Gasteiger charge is -2.56. The smallest absolute Gasteiger partial charge is 0.245 e. The zero-order chi connectivity index (χ0) is 58.0. The molecular formula is C52H92N14O12. The molecule has 0 radical (unpaired) electrons.